The van der Waals surface area contributed by atoms with Crippen molar-refractivity contribution in [3.63, 3.8) is 0 Å². The summed E-state index contributed by atoms with van der Waals surface area (Å²) in [6, 6.07) is 6.51. The van der Waals surface area contributed by atoms with Gasteiger partial charge < -0.3 is 5.32 Å². The van der Waals surface area contributed by atoms with Gasteiger partial charge in [-0.25, -0.2) is 13.1 Å². The molecule has 2 N–H and O–H groups in total. The zero-order valence-corrected chi connectivity index (χ0v) is 14.8. The van der Waals surface area contributed by atoms with Crippen LogP contribution < -0.4 is 10.0 Å². The van der Waals surface area contributed by atoms with Crippen LogP contribution in [0.3, 0.4) is 0 Å². The highest BCUT2D eigenvalue weighted by molar-refractivity contribution is 7.89. The van der Waals surface area contributed by atoms with E-state index in [-0.39, 0.29) is 22.8 Å². The van der Waals surface area contributed by atoms with Crippen molar-refractivity contribution in [1.82, 2.24) is 4.72 Å². The highest BCUT2D eigenvalue weighted by Gasteiger charge is 2.24. The third-order valence-corrected chi connectivity index (χ3v) is 6.62. The lowest BCUT2D eigenvalue weighted by Gasteiger charge is -2.22. The van der Waals surface area contributed by atoms with E-state index in [0.29, 0.717) is 5.69 Å². The molecule has 2 aliphatic rings. The summed E-state index contributed by atoms with van der Waals surface area (Å²) in [5.74, 6) is 0.143. The van der Waals surface area contributed by atoms with Gasteiger partial charge in [-0.3, -0.25) is 4.79 Å². The lowest BCUT2D eigenvalue weighted by molar-refractivity contribution is -0.119. The number of carbonyl (C=O) groups excluding carboxylic acids is 1. The summed E-state index contributed by atoms with van der Waals surface area (Å²) < 4.78 is 27.7. The standard InChI is InChI=1S/C18H26N2O3S/c21-18(14-6-4-5-7-14)19-15-10-12-17(13-11-15)24(22,23)20-16-8-2-1-3-9-16/h10-14,16,20H,1-9H2,(H,19,21). The number of nitrogens with one attached hydrogen (secondary N) is 2. The molecule has 0 bridgehead atoms. The van der Waals surface area contributed by atoms with Crippen molar-refractivity contribution < 1.29 is 13.2 Å². The molecule has 24 heavy (non-hydrogen) atoms. The van der Waals surface area contributed by atoms with Gasteiger partial charge in [-0.2, -0.15) is 0 Å². The van der Waals surface area contributed by atoms with E-state index in [2.05, 4.69) is 10.0 Å². The Kier molecular flexibility index (Phi) is 5.56. The minimum atomic E-state index is -3.48. The molecular weight excluding hydrogens is 324 g/mol. The number of anilines is 1. The molecule has 132 valence electrons. The predicted molar refractivity (Wildman–Crippen MR) is 94.2 cm³/mol. The van der Waals surface area contributed by atoms with Gasteiger partial charge in [0, 0.05) is 17.6 Å². The molecule has 2 aliphatic carbocycles. The molecule has 1 amide bonds. The van der Waals surface area contributed by atoms with Crippen molar-refractivity contribution >= 4 is 21.6 Å². The monoisotopic (exact) mass is 350 g/mol. The van der Waals surface area contributed by atoms with Gasteiger partial charge in [0.15, 0.2) is 0 Å². The van der Waals surface area contributed by atoms with Crippen LogP contribution in [-0.2, 0) is 14.8 Å². The van der Waals surface area contributed by atoms with Gasteiger partial charge in [0.2, 0.25) is 15.9 Å². The van der Waals surface area contributed by atoms with Gasteiger partial charge in [-0.1, -0.05) is 32.1 Å². The normalized spacial score (nSPS) is 20.2. The van der Waals surface area contributed by atoms with Crippen LogP contribution in [0.2, 0.25) is 0 Å². The lowest BCUT2D eigenvalue weighted by Crippen LogP contribution is -2.36. The van der Waals surface area contributed by atoms with E-state index in [1.165, 1.54) is 6.42 Å². The Bertz CT molecular complexity index is 658. The summed E-state index contributed by atoms with van der Waals surface area (Å²) in [5.41, 5.74) is 0.656. The van der Waals surface area contributed by atoms with Crippen LogP contribution >= 0.6 is 0 Å². The summed E-state index contributed by atoms with van der Waals surface area (Å²) in [6.45, 7) is 0. The van der Waals surface area contributed by atoms with E-state index in [1.807, 2.05) is 0 Å². The maximum Gasteiger partial charge on any atom is 0.240 e. The van der Waals surface area contributed by atoms with E-state index >= 15 is 0 Å². The molecule has 1 aromatic carbocycles. The molecule has 0 aromatic heterocycles. The van der Waals surface area contributed by atoms with Crippen molar-refractivity contribution in [2.75, 3.05) is 5.32 Å². The Hall–Kier alpha value is -1.40. The Morgan fingerprint density at radius 2 is 1.46 bits per heavy atom. The van der Waals surface area contributed by atoms with Gasteiger partial charge in [-0.15, -0.1) is 0 Å². The number of carbonyl (C=O) groups is 1. The topological polar surface area (TPSA) is 75.3 Å². The van der Waals surface area contributed by atoms with Crippen molar-refractivity contribution in [3.8, 4) is 0 Å². The maximum absolute atomic E-state index is 12.4. The summed E-state index contributed by atoms with van der Waals surface area (Å²) in [6.07, 6.45) is 9.30. The number of sulfonamides is 1. The lowest BCUT2D eigenvalue weighted by atomic mass is 9.96. The SMILES string of the molecule is O=C(Nc1ccc(S(=O)(=O)NC2CCCCC2)cc1)C1CCCC1. The van der Waals surface area contributed by atoms with Crippen molar-refractivity contribution in [2.45, 2.75) is 68.7 Å². The Balaban J connectivity index is 1.61. The minimum absolute atomic E-state index is 0.0448. The van der Waals surface area contributed by atoms with E-state index < -0.39 is 10.0 Å². The van der Waals surface area contributed by atoms with Crippen LogP contribution in [0.25, 0.3) is 0 Å². The van der Waals surface area contributed by atoms with Crippen LogP contribution in [0, 0.1) is 5.92 Å². The first-order valence-electron chi connectivity index (χ1n) is 8.98. The number of amides is 1. The smallest absolute Gasteiger partial charge is 0.240 e. The molecule has 2 fully saturated rings. The first kappa shape index (κ1) is 17.4. The molecule has 1 aromatic rings. The molecule has 5 nitrogen and oxygen atoms in total. The van der Waals surface area contributed by atoms with E-state index in [1.54, 1.807) is 24.3 Å². The second-order valence-electron chi connectivity index (χ2n) is 6.95. The van der Waals surface area contributed by atoms with E-state index in [0.717, 1.165) is 51.4 Å². The Morgan fingerprint density at radius 3 is 2.08 bits per heavy atom. The van der Waals surface area contributed by atoms with E-state index in [4.69, 9.17) is 0 Å². The quantitative estimate of drug-likeness (QED) is 0.854. The van der Waals surface area contributed by atoms with Gasteiger partial charge in [-0.05, 0) is 49.9 Å². The summed E-state index contributed by atoms with van der Waals surface area (Å²) in [4.78, 5) is 12.4. The zero-order valence-electron chi connectivity index (χ0n) is 14.0. The molecule has 0 unspecified atom stereocenters. The summed E-state index contributed by atoms with van der Waals surface area (Å²) in [5, 5.41) is 2.89. The molecule has 3 rings (SSSR count). The summed E-state index contributed by atoms with van der Waals surface area (Å²) >= 11 is 0. The van der Waals surface area contributed by atoms with E-state index in [9.17, 15) is 13.2 Å². The Labute approximate surface area is 144 Å². The predicted octanol–water partition coefficient (Wildman–Crippen LogP) is 3.43. The first-order chi connectivity index (χ1) is 11.5. The largest absolute Gasteiger partial charge is 0.326 e. The molecule has 2 saturated carbocycles. The first-order valence-corrected chi connectivity index (χ1v) is 10.5. The third-order valence-electron chi connectivity index (χ3n) is 5.09. The van der Waals surface area contributed by atoms with Gasteiger partial charge in [0.05, 0.1) is 4.90 Å². The summed E-state index contributed by atoms with van der Waals surface area (Å²) in [7, 11) is -3.48. The zero-order chi connectivity index (χ0) is 17.0. The van der Waals surface area contributed by atoms with Crippen LogP contribution in [0.5, 0.6) is 0 Å². The fourth-order valence-corrected chi connectivity index (χ4v) is 4.96. The van der Waals surface area contributed by atoms with Crippen molar-refractivity contribution in [2.24, 2.45) is 5.92 Å². The third kappa shape index (κ3) is 4.36. The second-order valence-corrected chi connectivity index (χ2v) is 8.67. The van der Waals surface area contributed by atoms with Gasteiger partial charge in [0.25, 0.3) is 0 Å². The highest BCUT2D eigenvalue weighted by atomic mass is 32.2. The fraction of sp³-hybridized carbons (Fsp3) is 0.611. The second kappa shape index (κ2) is 7.66. The van der Waals surface area contributed by atoms with Gasteiger partial charge >= 0.3 is 0 Å². The maximum atomic E-state index is 12.4. The van der Waals surface area contributed by atoms with Crippen molar-refractivity contribution in [3.05, 3.63) is 24.3 Å². The molecule has 0 spiro atoms. The molecule has 0 aliphatic heterocycles. The highest BCUT2D eigenvalue weighted by Crippen LogP contribution is 2.26. The average molecular weight is 350 g/mol. The van der Waals surface area contributed by atoms with Crippen LogP contribution in [0.15, 0.2) is 29.2 Å². The fourth-order valence-electron chi connectivity index (χ4n) is 3.66. The van der Waals surface area contributed by atoms with Gasteiger partial charge in [0.1, 0.15) is 0 Å². The number of hydrogen-bond donors (Lipinski definition) is 2. The average Bonchev–Trinajstić information content (AvgIpc) is 3.10. The van der Waals surface area contributed by atoms with Crippen LogP contribution in [0.1, 0.15) is 57.8 Å². The van der Waals surface area contributed by atoms with Crippen LogP contribution in [-0.4, -0.2) is 20.4 Å². The Morgan fingerprint density at radius 1 is 0.875 bits per heavy atom. The molecule has 0 saturated heterocycles. The molecule has 0 heterocycles. The molecule has 0 radical (unpaired) electrons. The molecule has 6 heteroatoms. The molecular formula is C18H26N2O3S. The minimum Gasteiger partial charge on any atom is -0.326 e. The number of benzene rings is 1. The molecule has 0 atom stereocenters. The number of rotatable bonds is 5. The van der Waals surface area contributed by atoms with Crippen molar-refractivity contribution in [1.29, 1.82) is 0 Å². The number of hydrogen-bond acceptors (Lipinski definition) is 3. The van der Waals surface area contributed by atoms with Crippen LogP contribution in [0.4, 0.5) is 5.69 Å².